The summed E-state index contributed by atoms with van der Waals surface area (Å²) in [5, 5.41) is 0. The Hall–Kier alpha value is -2.97. The first-order valence-electron chi connectivity index (χ1n) is 7.18. The van der Waals surface area contributed by atoms with Crippen LogP contribution in [0.5, 0.6) is 6.01 Å². The molecule has 0 aromatic carbocycles. The quantitative estimate of drug-likeness (QED) is 0.790. The van der Waals surface area contributed by atoms with Crippen LogP contribution in [0.3, 0.4) is 0 Å². The molecule has 9 nitrogen and oxygen atoms in total. The van der Waals surface area contributed by atoms with Gasteiger partial charge in [0.05, 0.1) is 6.54 Å². The van der Waals surface area contributed by atoms with Crippen molar-refractivity contribution in [1.82, 2.24) is 24.8 Å². The molecule has 1 unspecified atom stereocenters. The molecular formula is C14H15N5O4. The maximum absolute atomic E-state index is 12.4. The van der Waals surface area contributed by atoms with Crippen molar-refractivity contribution < 1.29 is 9.53 Å². The van der Waals surface area contributed by atoms with Crippen molar-refractivity contribution in [2.45, 2.75) is 18.9 Å². The molecule has 1 fully saturated rings. The SMILES string of the molecule is O=C(c1c[nH]c(=O)[nH]c1=O)N1CCCC(Oc2ncccn2)C1. The van der Waals surface area contributed by atoms with Crippen LogP contribution in [0, 0.1) is 0 Å². The van der Waals surface area contributed by atoms with Crippen molar-refractivity contribution in [3.8, 4) is 6.01 Å². The van der Waals surface area contributed by atoms with Gasteiger partial charge in [0.1, 0.15) is 11.7 Å². The lowest BCUT2D eigenvalue weighted by Crippen LogP contribution is -2.46. The van der Waals surface area contributed by atoms with E-state index in [2.05, 4.69) is 15.0 Å². The minimum Gasteiger partial charge on any atom is -0.458 e. The third-order valence-electron chi connectivity index (χ3n) is 3.53. The molecular weight excluding hydrogens is 302 g/mol. The number of H-pyrrole nitrogens is 2. The molecule has 0 saturated carbocycles. The third kappa shape index (κ3) is 3.44. The van der Waals surface area contributed by atoms with Gasteiger partial charge in [0.15, 0.2) is 0 Å². The van der Waals surface area contributed by atoms with Crippen molar-refractivity contribution in [1.29, 1.82) is 0 Å². The van der Waals surface area contributed by atoms with Crippen LogP contribution >= 0.6 is 0 Å². The van der Waals surface area contributed by atoms with E-state index in [9.17, 15) is 14.4 Å². The van der Waals surface area contributed by atoms with E-state index < -0.39 is 17.2 Å². The largest absolute Gasteiger partial charge is 0.458 e. The summed E-state index contributed by atoms with van der Waals surface area (Å²) in [6.45, 7) is 0.850. The first kappa shape index (κ1) is 14.9. The Morgan fingerprint density at radius 3 is 2.83 bits per heavy atom. The lowest BCUT2D eigenvalue weighted by molar-refractivity contribution is 0.0513. The number of carbonyl (C=O) groups excluding carboxylic acids is 1. The molecule has 23 heavy (non-hydrogen) atoms. The van der Waals surface area contributed by atoms with Crippen molar-refractivity contribution in [3.63, 3.8) is 0 Å². The number of likely N-dealkylation sites (tertiary alicyclic amines) is 1. The molecule has 120 valence electrons. The molecule has 9 heteroatoms. The predicted molar refractivity (Wildman–Crippen MR) is 79.3 cm³/mol. The number of hydrogen-bond acceptors (Lipinski definition) is 6. The fraction of sp³-hybridized carbons (Fsp3) is 0.357. The van der Waals surface area contributed by atoms with Crippen LogP contribution in [-0.4, -0.2) is 49.9 Å². The molecule has 1 aliphatic rings. The second-order valence-corrected chi connectivity index (χ2v) is 5.15. The van der Waals surface area contributed by atoms with Gasteiger partial charge in [-0.3, -0.25) is 14.6 Å². The predicted octanol–water partition coefficient (Wildman–Crippen LogP) is -0.463. The molecule has 1 atom stereocenters. The molecule has 2 aromatic heterocycles. The topological polar surface area (TPSA) is 121 Å². The summed E-state index contributed by atoms with van der Waals surface area (Å²) in [4.78, 5) is 49.0. The Kier molecular flexibility index (Phi) is 4.18. The molecule has 2 aromatic rings. The zero-order valence-corrected chi connectivity index (χ0v) is 12.2. The second kappa shape index (κ2) is 6.42. The summed E-state index contributed by atoms with van der Waals surface area (Å²) in [7, 11) is 0. The van der Waals surface area contributed by atoms with Gasteiger partial charge in [-0.2, -0.15) is 0 Å². The number of nitrogens with zero attached hydrogens (tertiary/aromatic N) is 3. The van der Waals surface area contributed by atoms with Gasteiger partial charge in [0.2, 0.25) is 0 Å². The normalized spacial score (nSPS) is 17.7. The van der Waals surface area contributed by atoms with E-state index in [0.29, 0.717) is 13.1 Å². The first-order chi connectivity index (χ1) is 11.1. The standard InChI is InChI=1S/C14H15N5O4/c20-11-10(7-17-13(22)18-11)12(21)19-6-1-3-9(8-19)23-14-15-4-2-5-16-14/h2,4-5,7,9H,1,3,6,8H2,(H2,17,18,20,22). The Balaban J connectivity index is 1.71. The first-order valence-corrected chi connectivity index (χ1v) is 7.18. The fourth-order valence-electron chi connectivity index (χ4n) is 2.45. The van der Waals surface area contributed by atoms with Crippen LogP contribution in [-0.2, 0) is 0 Å². The highest BCUT2D eigenvalue weighted by molar-refractivity contribution is 5.93. The van der Waals surface area contributed by atoms with E-state index in [1.54, 1.807) is 18.5 Å². The summed E-state index contributed by atoms with van der Waals surface area (Å²) >= 11 is 0. The van der Waals surface area contributed by atoms with Crippen LogP contribution in [0.25, 0.3) is 0 Å². The van der Waals surface area contributed by atoms with E-state index in [1.807, 2.05) is 4.98 Å². The van der Waals surface area contributed by atoms with Gasteiger partial charge in [0.25, 0.3) is 11.5 Å². The summed E-state index contributed by atoms with van der Waals surface area (Å²) in [5.41, 5.74) is -1.44. The molecule has 0 bridgehead atoms. The van der Waals surface area contributed by atoms with Crippen molar-refractivity contribution in [2.24, 2.45) is 0 Å². The summed E-state index contributed by atoms with van der Waals surface area (Å²) in [5.74, 6) is -0.440. The van der Waals surface area contributed by atoms with Crippen molar-refractivity contribution >= 4 is 5.91 Å². The van der Waals surface area contributed by atoms with Gasteiger partial charge < -0.3 is 14.6 Å². The minimum atomic E-state index is -0.701. The molecule has 0 radical (unpaired) electrons. The molecule has 0 spiro atoms. The molecule has 2 N–H and O–H groups in total. The highest BCUT2D eigenvalue weighted by Crippen LogP contribution is 2.16. The average Bonchev–Trinajstić information content (AvgIpc) is 2.55. The number of rotatable bonds is 3. The average molecular weight is 317 g/mol. The van der Waals surface area contributed by atoms with Gasteiger partial charge in [-0.1, -0.05) is 0 Å². The van der Waals surface area contributed by atoms with Crippen LogP contribution in [0.1, 0.15) is 23.2 Å². The van der Waals surface area contributed by atoms with Crippen LogP contribution in [0.15, 0.2) is 34.2 Å². The Bertz CT molecular complexity index is 801. The number of amides is 1. The third-order valence-corrected chi connectivity index (χ3v) is 3.53. The number of piperidine rings is 1. The molecule has 1 saturated heterocycles. The fourth-order valence-corrected chi connectivity index (χ4v) is 2.45. The molecule has 3 rings (SSSR count). The van der Waals surface area contributed by atoms with Crippen LogP contribution < -0.4 is 16.0 Å². The lowest BCUT2D eigenvalue weighted by Gasteiger charge is -2.32. The van der Waals surface area contributed by atoms with Gasteiger partial charge >= 0.3 is 11.7 Å². The number of nitrogens with one attached hydrogen (secondary N) is 2. The number of hydrogen-bond donors (Lipinski definition) is 2. The zero-order chi connectivity index (χ0) is 16.2. The van der Waals surface area contributed by atoms with Crippen molar-refractivity contribution in [2.75, 3.05) is 13.1 Å². The van der Waals surface area contributed by atoms with Crippen LogP contribution in [0.4, 0.5) is 0 Å². The Morgan fingerprint density at radius 2 is 2.09 bits per heavy atom. The number of carbonyl (C=O) groups is 1. The monoisotopic (exact) mass is 317 g/mol. The Labute approximate surface area is 130 Å². The van der Waals surface area contributed by atoms with Gasteiger partial charge in [0, 0.05) is 25.1 Å². The molecule has 3 heterocycles. The highest BCUT2D eigenvalue weighted by atomic mass is 16.5. The molecule has 0 aliphatic carbocycles. The van der Waals surface area contributed by atoms with E-state index >= 15 is 0 Å². The maximum Gasteiger partial charge on any atom is 0.325 e. The maximum atomic E-state index is 12.4. The summed E-state index contributed by atoms with van der Waals surface area (Å²) < 4.78 is 5.66. The highest BCUT2D eigenvalue weighted by Gasteiger charge is 2.27. The molecule has 1 amide bonds. The van der Waals surface area contributed by atoms with Gasteiger partial charge in [-0.15, -0.1) is 0 Å². The zero-order valence-electron chi connectivity index (χ0n) is 12.2. The van der Waals surface area contributed by atoms with E-state index in [4.69, 9.17) is 4.74 Å². The van der Waals surface area contributed by atoms with Crippen LogP contribution in [0.2, 0.25) is 0 Å². The summed E-state index contributed by atoms with van der Waals surface area (Å²) in [6, 6.07) is 1.94. The van der Waals surface area contributed by atoms with E-state index in [-0.39, 0.29) is 17.7 Å². The van der Waals surface area contributed by atoms with Gasteiger partial charge in [-0.05, 0) is 18.9 Å². The number of aromatic amines is 2. The number of aromatic nitrogens is 4. The van der Waals surface area contributed by atoms with E-state index in [1.165, 1.54) is 4.90 Å². The second-order valence-electron chi connectivity index (χ2n) is 5.15. The number of ether oxygens (including phenoxy) is 1. The Morgan fingerprint density at radius 1 is 1.30 bits per heavy atom. The van der Waals surface area contributed by atoms with Crippen molar-refractivity contribution in [3.05, 3.63) is 51.1 Å². The summed E-state index contributed by atoms with van der Waals surface area (Å²) in [6.07, 6.45) is 5.56. The minimum absolute atomic E-state index is 0.0961. The smallest absolute Gasteiger partial charge is 0.325 e. The lowest BCUT2D eigenvalue weighted by atomic mass is 10.1. The molecule has 1 aliphatic heterocycles. The van der Waals surface area contributed by atoms with Gasteiger partial charge in [-0.25, -0.2) is 14.8 Å². The van der Waals surface area contributed by atoms with E-state index in [0.717, 1.165) is 19.0 Å².